The molecular weight excluding hydrogens is 437 g/mol. The molecule has 0 radical (unpaired) electrons. The molecule has 1 fully saturated rings. The van der Waals surface area contributed by atoms with Gasteiger partial charge >= 0.3 is 0 Å². The van der Waals surface area contributed by atoms with Crippen LogP contribution in [0.3, 0.4) is 0 Å². The molecule has 166 valence electrons. The summed E-state index contributed by atoms with van der Waals surface area (Å²) in [6.45, 7) is 1.86. The van der Waals surface area contributed by atoms with Gasteiger partial charge in [-0.25, -0.2) is 4.98 Å². The zero-order valence-electron chi connectivity index (χ0n) is 17.5. The van der Waals surface area contributed by atoms with Crippen LogP contribution in [0, 0.1) is 0 Å². The maximum absolute atomic E-state index is 13.1. The minimum absolute atomic E-state index is 0. The molecular formula is C23H27Cl2N3O3. The van der Waals surface area contributed by atoms with E-state index >= 15 is 0 Å². The van der Waals surface area contributed by atoms with Crippen LogP contribution in [0.4, 0.5) is 0 Å². The lowest BCUT2D eigenvalue weighted by Gasteiger charge is -2.24. The fourth-order valence-electron chi connectivity index (χ4n) is 3.74. The van der Waals surface area contributed by atoms with E-state index in [1.54, 1.807) is 14.2 Å². The molecule has 0 unspecified atom stereocenters. The van der Waals surface area contributed by atoms with Gasteiger partial charge in [0.15, 0.2) is 11.5 Å². The topological polar surface area (TPSA) is 72.5 Å². The minimum Gasteiger partial charge on any atom is -0.493 e. The fraction of sp³-hybridized carbons (Fsp3) is 0.304. The second-order valence-corrected chi connectivity index (χ2v) is 7.14. The summed E-state index contributed by atoms with van der Waals surface area (Å²) in [5.74, 6) is 1.22. The molecule has 1 aliphatic rings. The largest absolute Gasteiger partial charge is 0.493 e. The fourth-order valence-corrected chi connectivity index (χ4v) is 3.74. The van der Waals surface area contributed by atoms with Crippen molar-refractivity contribution < 1.29 is 14.3 Å². The number of aromatic nitrogens is 1. The predicted octanol–water partition coefficient (Wildman–Crippen LogP) is 4.24. The normalized spacial score (nSPS) is 13.6. The van der Waals surface area contributed by atoms with E-state index in [-0.39, 0.29) is 36.8 Å². The number of amides is 1. The molecule has 1 aliphatic heterocycles. The summed E-state index contributed by atoms with van der Waals surface area (Å²) in [4.78, 5) is 17.9. The number of nitrogens with zero attached hydrogens (tertiary/aromatic N) is 1. The summed E-state index contributed by atoms with van der Waals surface area (Å²) in [6, 6.07) is 15.4. The second-order valence-electron chi connectivity index (χ2n) is 7.14. The van der Waals surface area contributed by atoms with E-state index in [9.17, 15) is 4.79 Å². The first-order valence-electron chi connectivity index (χ1n) is 9.83. The van der Waals surface area contributed by atoms with E-state index in [0.29, 0.717) is 17.1 Å². The third-order valence-corrected chi connectivity index (χ3v) is 5.31. The monoisotopic (exact) mass is 463 g/mol. The summed E-state index contributed by atoms with van der Waals surface area (Å²) >= 11 is 0. The van der Waals surface area contributed by atoms with Crippen LogP contribution in [0.25, 0.3) is 22.2 Å². The van der Waals surface area contributed by atoms with Crippen molar-refractivity contribution in [3.8, 4) is 22.8 Å². The van der Waals surface area contributed by atoms with Crippen molar-refractivity contribution in [2.75, 3.05) is 27.3 Å². The van der Waals surface area contributed by atoms with Crippen molar-refractivity contribution in [2.45, 2.75) is 18.9 Å². The Morgan fingerprint density at radius 2 is 1.71 bits per heavy atom. The van der Waals surface area contributed by atoms with Gasteiger partial charge in [-0.1, -0.05) is 18.2 Å². The molecule has 2 N–H and O–H groups in total. The van der Waals surface area contributed by atoms with E-state index in [4.69, 9.17) is 14.5 Å². The van der Waals surface area contributed by atoms with E-state index in [2.05, 4.69) is 10.6 Å². The van der Waals surface area contributed by atoms with Crippen LogP contribution in [0.1, 0.15) is 23.2 Å². The summed E-state index contributed by atoms with van der Waals surface area (Å²) in [6.07, 6.45) is 1.88. The highest BCUT2D eigenvalue weighted by atomic mass is 35.5. The summed E-state index contributed by atoms with van der Waals surface area (Å²) in [5.41, 5.74) is 3.01. The standard InChI is InChI=1S/C23H25N3O3.2ClH/c1-28-21-8-7-15(13-22(21)29-2)20-14-18(17-5-3-4-6-19(17)26-20)23(27)25-16-9-11-24-12-10-16;;/h3-8,13-14,16,24H,9-12H2,1-2H3,(H,25,27);2*1H. The Balaban J connectivity index is 0.00000171. The maximum Gasteiger partial charge on any atom is 0.252 e. The van der Waals surface area contributed by atoms with E-state index in [0.717, 1.165) is 48.1 Å². The molecule has 4 rings (SSSR count). The number of methoxy groups -OCH3 is 2. The molecule has 0 saturated carbocycles. The van der Waals surface area contributed by atoms with Gasteiger partial charge in [0.25, 0.3) is 5.91 Å². The number of hydrogen-bond acceptors (Lipinski definition) is 5. The van der Waals surface area contributed by atoms with Crippen molar-refractivity contribution in [3.05, 3.63) is 54.1 Å². The molecule has 2 heterocycles. The first-order chi connectivity index (χ1) is 14.2. The van der Waals surface area contributed by atoms with Crippen molar-refractivity contribution in [1.29, 1.82) is 0 Å². The van der Waals surface area contributed by atoms with Gasteiger partial charge in [-0.3, -0.25) is 4.79 Å². The third-order valence-electron chi connectivity index (χ3n) is 5.31. The molecule has 2 aromatic carbocycles. The Morgan fingerprint density at radius 3 is 2.42 bits per heavy atom. The lowest BCUT2D eigenvalue weighted by atomic mass is 10.0. The SMILES string of the molecule is COc1ccc(-c2cc(C(=O)NC3CCNCC3)c3ccccc3n2)cc1OC.Cl.Cl. The highest BCUT2D eigenvalue weighted by Gasteiger charge is 2.19. The number of carbonyl (C=O) groups is 1. The molecule has 3 aromatic rings. The summed E-state index contributed by atoms with van der Waals surface area (Å²) in [7, 11) is 3.21. The van der Waals surface area contributed by atoms with Crippen molar-refractivity contribution >= 4 is 41.6 Å². The van der Waals surface area contributed by atoms with Gasteiger partial charge in [-0.05, 0) is 56.3 Å². The van der Waals surface area contributed by atoms with Gasteiger partial charge in [0, 0.05) is 17.0 Å². The zero-order valence-corrected chi connectivity index (χ0v) is 19.1. The van der Waals surface area contributed by atoms with Crippen LogP contribution >= 0.6 is 24.8 Å². The van der Waals surface area contributed by atoms with Crippen LogP contribution in [-0.4, -0.2) is 44.2 Å². The lowest BCUT2D eigenvalue weighted by molar-refractivity contribution is 0.0931. The number of carbonyl (C=O) groups excluding carboxylic acids is 1. The van der Waals surface area contributed by atoms with Crippen LogP contribution in [-0.2, 0) is 0 Å². The molecule has 31 heavy (non-hydrogen) atoms. The number of rotatable bonds is 5. The van der Waals surface area contributed by atoms with Crippen LogP contribution in [0.5, 0.6) is 11.5 Å². The van der Waals surface area contributed by atoms with E-state index < -0.39 is 0 Å². The Labute approximate surface area is 194 Å². The number of piperidine rings is 1. The van der Waals surface area contributed by atoms with Crippen LogP contribution in [0.2, 0.25) is 0 Å². The van der Waals surface area contributed by atoms with E-state index in [1.807, 2.05) is 48.5 Å². The van der Waals surface area contributed by atoms with Gasteiger partial charge in [0.1, 0.15) is 0 Å². The highest BCUT2D eigenvalue weighted by molar-refractivity contribution is 6.07. The number of ether oxygens (including phenoxy) is 2. The van der Waals surface area contributed by atoms with Gasteiger partial charge in [0.05, 0.1) is 31.0 Å². The quantitative estimate of drug-likeness (QED) is 0.591. The first kappa shape index (κ1) is 24.7. The number of pyridine rings is 1. The number of hydrogen-bond donors (Lipinski definition) is 2. The zero-order chi connectivity index (χ0) is 20.2. The van der Waals surface area contributed by atoms with Crippen molar-refractivity contribution in [3.63, 3.8) is 0 Å². The molecule has 0 aliphatic carbocycles. The number of nitrogens with one attached hydrogen (secondary N) is 2. The van der Waals surface area contributed by atoms with Crippen molar-refractivity contribution in [1.82, 2.24) is 15.6 Å². The van der Waals surface area contributed by atoms with Gasteiger partial charge in [0.2, 0.25) is 0 Å². The van der Waals surface area contributed by atoms with Crippen LogP contribution < -0.4 is 20.1 Å². The third kappa shape index (κ3) is 5.39. The van der Waals surface area contributed by atoms with E-state index in [1.165, 1.54) is 0 Å². The highest BCUT2D eigenvalue weighted by Crippen LogP contribution is 2.33. The van der Waals surface area contributed by atoms with Gasteiger partial charge in [-0.15, -0.1) is 24.8 Å². The molecule has 1 saturated heterocycles. The number of benzene rings is 2. The molecule has 8 heteroatoms. The lowest BCUT2D eigenvalue weighted by Crippen LogP contribution is -2.42. The molecule has 1 aromatic heterocycles. The van der Waals surface area contributed by atoms with Gasteiger partial charge in [-0.2, -0.15) is 0 Å². The maximum atomic E-state index is 13.1. The molecule has 1 amide bonds. The Bertz CT molecular complexity index is 1040. The van der Waals surface area contributed by atoms with Crippen molar-refractivity contribution in [2.24, 2.45) is 0 Å². The molecule has 0 atom stereocenters. The van der Waals surface area contributed by atoms with Crippen LogP contribution in [0.15, 0.2) is 48.5 Å². The Hall–Kier alpha value is -2.54. The minimum atomic E-state index is -0.0581. The predicted molar refractivity (Wildman–Crippen MR) is 128 cm³/mol. The first-order valence-corrected chi connectivity index (χ1v) is 9.83. The molecule has 0 bridgehead atoms. The summed E-state index contributed by atoms with van der Waals surface area (Å²) < 4.78 is 10.8. The Morgan fingerprint density at radius 1 is 1.00 bits per heavy atom. The number of para-hydroxylation sites is 1. The molecule has 6 nitrogen and oxygen atoms in total. The molecule has 0 spiro atoms. The smallest absolute Gasteiger partial charge is 0.252 e. The Kier molecular flexibility index (Phi) is 8.92. The second kappa shape index (κ2) is 11.2. The van der Waals surface area contributed by atoms with Gasteiger partial charge < -0.3 is 20.1 Å². The summed E-state index contributed by atoms with van der Waals surface area (Å²) in [5, 5.41) is 7.37. The average Bonchev–Trinajstić information content (AvgIpc) is 2.78. The number of fused-ring (bicyclic) bond motifs is 1. The number of halogens is 2. The average molecular weight is 464 g/mol.